The van der Waals surface area contributed by atoms with Gasteiger partial charge >= 0.3 is 6.18 Å². The van der Waals surface area contributed by atoms with Gasteiger partial charge in [-0.2, -0.15) is 13.2 Å². The summed E-state index contributed by atoms with van der Waals surface area (Å²) in [6.07, 6.45) is -2.33. The highest BCUT2D eigenvalue weighted by molar-refractivity contribution is 6.05. The summed E-state index contributed by atoms with van der Waals surface area (Å²) in [5, 5.41) is 5.56. The van der Waals surface area contributed by atoms with Crippen molar-refractivity contribution >= 4 is 28.8 Å². The molecule has 38 heavy (non-hydrogen) atoms. The zero-order valence-corrected chi connectivity index (χ0v) is 20.3. The molecular formula is C27H26F5N3O3. The maximum atomic E-state index is 13.5. The number of carbonyl (C=O) groups is 2. The van der Waals surface area contributed by atoms with Crippen LogP contribution in [0.15, 0.2) is 42.5 Å². The number of carbonyl (C=O) groups excluding carboxylic acids is 2. The number of anilines is 2. The van der Waals surface area contributed by atoms with Gasteiger partial charge in [-0.25, -0.2) is 8.78 Å². The van der Waals surface area contributed by atoms with Crippen molar-refractivity contribution in [3.63, 3.8) is 0 Å². The second kappa shape index (κ2) is 10.0. The molecule has 1 saturated heterocycles. The van der Waals surface area contributed by atoms with Gasteiger partial charge in [-0.1, -0.05) is 12.1 Å². The number of halogens is 5. The van der Waals surface area contributed by atoms with E-state index >= 15 is 0 Å². The number of likely N-dealkylation sites (tertiary alicyclic amines) is 1. The first kappa shape index (κ1) is 26.1. The molecule has 1 fully saturated rings. The summed E-state index contributed by atoms with van der Waals surface area (Å²) in [7, 11) is 0. The van der Waals surface area contributed by atoms with Crippen LogP contribution in [0.3, 0.4) is 0 Å². The summed E-state index contributed by atoms with van der Waals surface area (Å²) < 4.78 is 71.9. The Morgan fingerprint density at radius 3 is 2.63 bits per heavy atom. The number of hydrogen-bond acceptors (Lipinski definition) is 4. The molecule has 2 aromatic rings. The van der Waals surface area contributed by atoms with E-state index in [9.17, 15) is 31.5 Å². The number of ether oxygens (including phenoxy) is 1. The quantitative estimate of drug-likeness (QED) is 0.403. The molecule has 202 valence electrons. The Hall–Kier alpha value is -3.47. The van der Waals surface area contributed by atoms with Gasteiger partial charge in [0.05, 0.1) is 18.2 Å². The van der Waals surface area contributed by atoms with Crippen LogP contribution in [0.4, 0.5) is 33.3 Å². The summed E-state index contributed by atoms with van der Waals surface area (Å²) in [4.78, 5) is 27.3. The van der Waals surface area contributed by atoms with Crippen LogP contribution in [0, 0.1) is 0 Å². The molecule has 6 nitrogen and oxygen atoms in total. The lowest BCUT2D eigenvalue weighted by Gasteiger charge is -2.38. The van der Waals surface area contributed by atoms with Crippen LogP contribution in [0.5, 0.6) is 5.75 Å². The monoisotopic (exact) mass is 535 g/mol. The second-order valence-electron chi connectivity index (χ2n) is 9.79. The van der Waals surface area contributed by atoms with Crippen molar-refractivity contribution in [1.29, 1.82) is 0 Å². The molecule has 1 atom stereocenters. The van der Waals surface area contributed by atoms with Crippen molar-refractivity contribution in [2.75, 3.05) is 30.3 Å². The molecule has 1 unspecified atom stereocenters. The number of nitrogens with zero attached hydrogens (tertiary/aromatic N) is 1. The van der Waals surface area contributed by atoms with E-state index in [1.807, 2.05) is 0 Å². The highest BCUT2D eigenvalue weighted by Crippen LogP contribution is 2.38. The lowest BCUT2D eigenvalue weighted by molar-refractivity contribution is -0.137. The summed E-state index contributed by atoms with van der Waals surface area (Å²) in [5.74, 6) is -3.36. The molecule has 0 aliphatic carbocycles. The number of nitrogens with one attached hydrogen (secondary N) is 2. The number of hydrogen-bond donors (Lipinski definition) is 2. The minimum absolute atomic E-state index is 0.0832. The molecule has 5 rings (SSSR count). The Labute approximate surface area is 215 Å². The maximum Gasteiger partial charge on any atom is 0.416 e. The van der Waals surface area contributed by atoms with Gasteiger partial charge in [0.15, 0.2) is 0 Å². The molecular weight excluding hydrogens is 509 g/mol. The fourth-order valence-electron chi connectivity index (χ4n) is 5.07. The van der Waals surface area contributed by atoms with Gasteiger partial charge in [0.2, 0.25) is 11.8 Å². The Balaban J connectivity index is 1.29. The molecule has 0 spiro atoms. The molecule has 0 aromatic heterocycles. The molecule has 0 bridgehead atoms. The fourth-order valence-corrected chi connectivity index (χ4v) is 5.07. The van der Waals surface area contributed by atoms with Crippen LogP contribution < -0.4 is 15.4 Å². The standard InChI is InChI=1S/C27H26F5N3O3/c28-26(29)7-9-35(10-8-26)22-12-17-3-5-19(15-21(17)34-25(22)37)33-24(36)13-16-2-1-11-38-23-14-18(27(30,31)32)4-6-20(16)23/h3-6,13-15,22H,1-2,7-12H2,(H,33,36)(H,34,37). The van der Waals surface area contributed by atoms with E-state index in [-0.39, 0.29) is 44.2 Å². The third-order valence-electron chi connectivity index (χ3n) is 7.13. The van der Waals surface area contributed by atoms with Crippen molar-refractivity contribution in [2.24, 2.45) is 0 Å². The molecule has 3 aliphatic rings. The van der Waals surface area contributed by atoms with E-state index in [0.29, 0.717) is 41.8 Å². The summed E-state index contributed by atoms with van der Waals surface area (Å²) >= 11 is 0. The van der Waals surface area contributed by atoms with Gasteiger partial charge in [0, 0.05) is 48.9 Å². The molecule has 3 heterocycles. The van der Waals surface area contributed by atoms with Gasteiger partial charge < -0.3 is 15.4 Å². The van der Waals surface area contributed by atoms with E-state index in [0.717, 1.165) is 17.7 Å². The van der Waals surface area contributed by atoms with Gasteiger partial charge in [0.25, 0.3) is 5.92 Å². The van der Waals surface area contributed by atoms with Crippen molar-refractivity contribution in [3.05, 3.63) is 59.2 Å². The lowest BCUT2D eigenvalue weighted by Crippen LogP contribution is -2.52. The lowest BCUT2D eigenvalue weighted by atomic mass is 9.95. The number of amides is 2. The Kier molecular flexibility index (Phi) is 6.89. The summed E-state index contributed by atoms with van der Waals surface area (Å²) in [6.45, 7) is 0.530. The highest BCUT2D eigenvalue weighted by atomic mass is 19.4. The average Bonchev–Trinajstić information content (AvgIpc) is 3.05. The van der Waals surface area contributed by atoms with E-state index < -0.39 is 29.6 Å². The normalized spacial score (nSPS) is 22.5. The zero-order chi connectivity index (χ0) is 27.1. The van der Waals surface area contributed by atoms with Crippen molar-refractivity contribution < 1.29 is 36.3 Å². The number of allylic oxidation sites excluding steroid dienone is 1. The number of piperidine rings is 1. The SMILES string of the molecule is O=C(C=C1CCCOc2cc(C(F)(F)F)ccc21)Nc1ccc2c(c1)NC(=O)C(N1CCC(F)(F)CC1)C2. The predicted molar refractivity (Wildman–Crippen MR) is 131 cm³/mol. The fraction of sp³-hybridized carbons (Fsp3) is 0.407. The molecule has 11 heteroatoms. The third kappa shape index (κ3) is 5.67. The molecule has 2 amide bonds. The molecule has 2 aromatic carbocycles. The van der Waals surface area contributed by atoms with E-state index in [2.05, 4.69) is 10.6 Å². The minimum Gasteiger partial charge on any atom is -0.493 e. The van der Waals surface area contributed by atoms with E-state index in [1.54, 1.807) is 23.1 Å². The maximum absolute atomic E-state index is 13.5. The van der Waals surface area contributed by atoms with E-state index in [4.69, 9.17) is 4.74 Å². The highest BCUT2D eigenvalue weighted by Gasteiger charge is 2.39. The van der Waals surface area contributed by atoms with Gasteiger partial charge in [-0.05, 0) is 54.7 Å². The van der Waals surface area contributed by atoms with Crippen molar-refractivity contribution in [2.45, 2.75) is 50.2 Å². The van der Waals surface area contributed by atoms with Crippen LogP contribution >= 0.6 is 0 Å². The summed E-state index contributed by atoms with van der Waals surface area (Å²) in [6, 6.07) is 7.79. The second-order valence-corrected chi connectivity index (χ2v) is 9.79. The van der Waals surface area contributed by atoms with Crippen molar-refractivity contribution in [3.8, 4) is 5.75 Å². The molecule has 2 N–H and O–H groups in total. The van der Waals surface area contributed by atoms with Crippen LogP contribution in [0.1, 0.15) is 42.4 Å². The van der Waals surface area contributed by atoms with Gasteiger partial charge in [0.1, 0.15) is 5.75 Å². The van der Waals surface area contributed by atoms with Gasteiger partial charge in [-0.3, -0.25) is 14.5 Å². The minimum atomic E-state index is -4.50. The summed E-state index contributed by atoms with van der Waals surface area (Å²) in [5.41, 5.74) is 1.97. The predicted octanol–water partition coefficient (Wildman–Crippen LogP) is 5.49. The van der Waals surface area contributed by atoms with Crippen molar-refractivity contribution in [1.82, 2.24) is 4.90 Å². The van der Waals surface area contributed by atoms with Gasteiger partial charge in [-0.15, -0.1) is 0 Å². The molecule has 0 radical (unpaired) electrons. The number of fused-ring (bicyclic) bond motifs is 2. The van der Waals surface area contributed by atoms with E-state index in [1.165, 1.54) is 12.1 Å². The average molecular weight is 536 g/mol. The number of benzene rings is 2. The first-order valence-corrected chi connectivity index (χ1v) is 12.4. The Morgan fingerprint density at radius 1 is 1.13 bits per heavy atom. The smallest absolute Gasteiger partial charge is 0.416 e. The topological polar surface area (TPSA) is 70.7 Å². The molecule has 0 saturated carbocycles. The number of rotatable bonds is 3. The third-order valence-corrected chi connectivity index (χ3v) is 7.13. The first-order chi connectivity index (χ1) is 18.0. The van der Waals surface area contributed by atoms with Crippen LogP contribution in [0.25, 0.3) is 5.57 Å². The first-order valence-electron chi connectivity index (χ1n) is 12.4. The Bertz CT molecular complexity index is 1280. The van der Waals surface area contributed by atoms with Crippen LogP contribution in [-0.4, -0.2) is 48.4 Å². The van der Waals surface area contributed by atoms with Crippen LogP contribution in [0.2, 0.25) is 0 Å². The van der Waals surface area contributed by atoms with Crippen LogP contribution in [-0.2, 0) is 22.2 Å². The largest absolute Gasteiger partial charge is 0.493 e. The number of alkyl halides is 5. The molecule has 3 aliphatic heterocycles. The zero-order valence-electron chi connectivity index (χ0n) is 20.3. The Morgan fingerprint density at radius 2 is 1.89 bits per heavy atom.